The zero-order valence-corrected chi connectivity index (χ0v) is 13.3. The predicted molar refractivity (Wildman–Crippen MR) is 94.2 cm³/mol. The normalized spacial score (nSPS) is 10.8. The first-order chi connectivity index (χ1) is 12.6. The average Bonchev–Trinajstić information content (AvgIpc) is 3.30. The van der Waals surface area contributed by atoms with Crippen LogP contribution in [0.5, 0.6) is 0 Å². The summed E-state index contributed by atoms with van der Waals surface area (Å²) in [7, 11) is 0. The third-order valence-electron chi connectivity index (χ3n) is 3.87. The Bertz CT molecular complexity index is 1110. The highest BCUT2D eigenvalue weighted by Crippen LogP contribution is 2.24. The number of amides is 1. The number of nitro benzene ring substituents is 1. The molecule has 0 aliphatic rings. The summed E-state index contributed by atoms with van der Waals surface area (Å²) in [5.41, 5.74) is 4.86. The van der Waals surface area contributed by atoms with Crippen LogP contribution in [-0.4, -0.2) is 20.5 Å². The number of nitrogens with one attached hydrogen (secondary N) is 1. The molecule has 0 spiro atoms. The lowest BCUT2D eigenvalue weighted by Gasteiger charge is -2.05. The maximum absolute atomic E-state index is 12.4. The van der Waals surface area contributed by atoms with E-state index in [1.807, 2.05) is 24.3 Å². The molecule has 0 radical (unpaired) electrons. The van der Waals surface area contributed by atoms with Gasteiger partial charge in [0, 0.05) is 17.7 Å². The number of para-hydroxylation sites is 2. The van der Waals surface area contributed by atoms with Crippen LogP contribution in [0.1, 0.15) is 10.6 Å². The number of hydrogen-bond donors (Lipinski definition) is 1. The summed E-state index contributed by atoms with van der Waals surface area (Å²) in [6.45, 7) is 0. The van der Waals surface area contributed by atoms with Crippen molar-refractivity contribution in [3.05, 3.63) is 82.9 Å². The SMILES string of the molecule is O=C(Nn1cnc2ccccc21)c1ccc(-c2ccc([N+](=O)[O-])cc2)o1. The van der Waals surface area contributed by atoms with Crippen LogP contribution in [0.15, 0.2) is 71.4 Å². The van der Waals surface area contributed by atoms with Gasteiger partial charge in [-0.25, -0.2) is 9.66 Å². The molecule has 0 atom stereocenters. The number of benzene rings is 2. The van der Waals surface area contributed by atoms with Gasteiger partial charge in [-0.2, -0.15) is 0 Å². The number of hydrogen-bond acceptors (Lipinski definition) is 5. The second-order valence-corrected chi connectivity index (χ2v) is 5.51. The van der Waals surface area contributed by atoms with E-state index in [1.54, 1.807) is 24.3 Å². The predicted octanol–water partition coefficient (Wildman–Crippen LogP) is 3.59. The molecule has 1 amide bonds. The molecule has 0 bridgehead atoms. The Labute approximate surface area is 146 Å². The van der Waals surface area contributed by atoms with Gasteiger partial charge in [-0.1, -0.05) is 12.1 Å². The molecule has 8 nitrogen and oxygen atoms in total. The Morgan fingerprint density at radius 1 is 1.08 bits per heavy atom. The molecule has 0 saturated heterocycles. The van der Waals surface area contributed by atoms with Crippen LogP contribution in [-0.2, 0) is 0 Å². The lowest BCUT2D eigenvalue weighted by molar-refractivity contribution is -0.384. The van der Waals surface area contributed by atoms with Crippen molar-refractivity contribution in [2.45, 2.75) is 0 Å². The zero-order valence-electron chi connectivity index (χ0n) is 13.3. The highest BCUT2D eigenvalue weighted by molar-refractivity contribution is 5.98. The maximum Gasteiger partial charge on any atom is 0.305 e. The van der Waals surface area contributed by atoms with E-state index in [2.05, 4.69) is 10.4 Å². The van der Waals surface area contributed by atoms with Crippen LogP contribution >= 0.6 is 0 Å². The molecule has 0 saturated carbocycles. The van der Waals surface area contributed by atoms with E-state index in [9.17, 15) is 14.9 Å². The summed E-state index contributed by atoms with van der Waals surface area (Å²) in [4.78, 5) is 26.8. The van der Waals surface area contributed by atoms with Crippen LogP contribution in [0.25, 0.3) is 22.4 Å². The summed E-state index contributed by atoms with van der Waals surface area (Å²) in [6, 6.07) is 16.5. The molecule has 2 aromatic carbocycles. The van der Waals surface area contributed by atoms with Gasteiger partial charge < -0.3 is 4.42 Å². The smallest absolute Gasteiger partial charge is 0.305 e. The van der Waals surface area contributed by atoms with Gasteiger partial charge in [-0.05, 0) is 36.4 Å². The van der Waals surface area contributed by atoms with Crippen molar-refractivity contribution >= 4 is 22.6 Å². The standard InChI is InChI=1S/C18H12N4O4/c23-18(20-21-11-19-14-3-1-2-4-15(14)21)17-10-9-16(26-17)12-5-7-13(8-6-12)22(24)25/h1-11H,(H,20,23). The molecule has 1 N–H and O–H groups in total. The molecule has 4 rings (SSSR count). The highest BCUT2D eigenvalue weighted by Gasteiger charge is 2.14. The van der Waals surface area contributed by atoms with E-state index in [0.717, 1.165) is 11.0 Å². The van der Waals surface area contributed by atoms with Crippen molar-refractivity contribution in [1.29, 1.82) is 0 Å². The first-order valence-corrected chi connectivity index (χ1v) is 7.70. The summed E-state index contributed by atoms with van der Waals surface area (Å²) >= 11 is 0. The van der Waals surface area contributed by atoms with E-state index in [4.69, 9.17) is 4.42 Å². The molecule has 26 heavy (non-hydrogen) atoms. The van der Waals surface area contributed by atoms with E-state index in [1.165, 1.54) is 23.1 Å². The lowest BCUT2D eigenvalue weighted by atomic mass is 10.1. The molecule has 8 heteroatoms. The summed E-state index contributed by atoms with van der Waals surface area (Å²) in [5, 5.41) is 10.7. The molecule has 0 fully saturated rings. The number of nitro groups is 1. The summed E-state index contributed by atoms with van der Waals surface area (Å²) < 4.78 is 7.10. The Morgan fingerprint density at radius 3 is 2.62 bits per heavy atom. The van der Waals surface area contributed by atoms with Gasteiger partial charge in [0.2, 0.25) is 0 Å². The fraction of sp³-hybridized carbons (Fsp3) is 0. The Balaban J connectivity index is 1.55. The van der Waals surface area contributed by atoms with Gasteiger partial charge in [0.25, 0.3) is 5.69 Å². The highest BCUT2D eigenvalue weighted by atomic mass is 16.6. The Hall–Kier alpha value is -3.94. The van der Waals surface area contributed by atoms with Crippen molar-refractivity contribution in [3.63, 3.8) is 0 Å². The first-order valence-electron chi connectivity index (χ1n) is 7.70. The third-order valence-corrected chi connectivity index (χ3v) is 3.87. The van der Waals surface area contributed by atoms with E-state index >= 15 is 0 Å². The molecular weight excluding hydrogens is 336 g/mol. The quantitative estimate of drug-likeness (QED) is 0.448. The van der Waals surface area contributed by atoms with Gasteiger partial charge >= 0.3 is 5.91 Å². The van der Waals surface area contributed by atoms with E-state index < -0.39 is 10.8 Å². The maximum atomic E-state index is 12.4. The molecule has 0 aliphatic carbocycles. The number of non-ortho nitro benzene ring substituents is 1. The minimum absolute atomic E-state index is 0.00902. The van der Waals surface area contributed by atoms with E-state index in [0.29, 0.717) is 11.3 Å². The van der Waals surface area contributed by atoms with Crippen molar-refractivity contribution in [2.24, 2.45) is 0 Å². The number of rotatable bonds is 4. The number of nitrogens with zero attached hydrogens (tertiary/aromatic N) is 3. The summed E-state index contributed by atoms with van der Waals surface area (Å²) in [5.74, 6) is 0.137. The fourth-order valence-electron chi connectivity index (χ4n) is 2.58. The topological polar surface area (TPSA) is 103 Å². The van der Waals surface area contributed by atoms with Crippen LogP contribution < -0.4 is 5.43 Å². The number of aromatic nitrogens is 2. The van der Waals surface area contributed by atoms with Crippen molar-refractivity contribution < 1.29 is 14.1 Å². The van der Waals surface area contributed by atoms with Crippen molar-refractivity contribution in [1.82, 2.24) is 9.66 Å². The number of carbonyl (C=O) groups excluding carboxylic acids is 1. The lowest BCUT2D eigenvalue weighted by Crippen LogP contribution is -2.21. The molecule has 2 heterocycles. The van der Waals surface area contributed by atoms with Crippen LogP contribution in [0.3, 0.4) is 0 Å². The zero-order chi connectivity index (χ0) is 18.1. The van der Waals surface area contributed by atoms with Crippen LogP contribution in [0.2, 0.25) is 0 Å². The number of carbonyl (C=O) groups is 1. The molecular formula is C18H12N4O4. The minimum Gasteiger partial charge on any atom is -0.451 e. The minimum atomic E-state index is -0.472. The van der Waals surface area contributed by atoms with Gasteiger partial charge in [0.05, 0.1) is 16.0 Å². The Kier molecular flexibility index (Phi) is 3.70. The molecule has 0 unspecified atom stereocenters. The molecule has 0 aliphatic heterocycles. The monoisotopic (exact) mass is 348 g/mol. The first kappa shape index (κ1) is 15.6. The second-order valence-electron chi connectivity index (χ2n) is 5.51. The van der Waals surface area contributed by atoms with Crippen molar-refractivity contribution in [3.8, 4) is 11.3 Å². The summed E-state index contributed by atoms with van der Waals surface area (Å²) in [6.07, 6.45) is 1.52. The average molecular weight is 348 g/mol. The van der Waals surface area contributed by atoms with Gasteiger partial charge in [-0.15, -0.1) is 0 Å². The largest absolute Gasteiger partial charge is 0.451 e. The fourth-order valence-corrected chi connectivity index (χ4v) is 2.58. The van der Waals surface area contributed by atoms with E-state index in [-0.39, 0.29) is 11.4 Å². The Morgan fingerprint density at radius 2 is 1.85 bits per heavy atom. The third kappa shape index (κ3) is 2.80. The number of fused-ring (bicyclic) bond motifs is 1. The molecule has 128 valence electrons. The molecule has 2 aromatic heterocycles. The van der Waals surface area contributed by atoms with Crippen LogP contribution in [0, 0.1) is 10.1 Å². The number of furan rings is 1. The molecule has 4 aromatic rings. The van der Waals surface area contributed by atoms with Crippen LogP contribution in [0.4, 0.5) is 5.69 Å². The second kappa shape index (κ2) is 6.17. The van der Waals surface area contributed by atoms with Gasteiger partial charge in [0.1, 0.15) is 12.1 Å². The van der Waals surface area contributed by atoms with Crippen molar-refractivity contribution in [2.75, 3.05) is 5.43 Å². The number of imidazole rings is 1. The van der Waals surface area contributed by atoms with Gasteiger partial charge in [-0.3, -0.25) is 20.3 Å². The van der Waals surface area contributed by atoms with Gasteiger partial charge in [0.15, 0.2) is 5.76 Å².